The smallest absolute Gasteiger partial charge is 0.224 e. The lowest BCUT2D eigenvalue weighted by Gasteiger charge is -2.11. The summed E-state index contributed by atoms with van der Waals surface area (Å²) >= 11 is 1.56. The van der Waals surface area contributed by atoms with Crippen molar-refractivity contribution >= 4 is 17.2 Å². The van der Waals surface area contributed by atoms with Crippen LogP contribution in [0.25, 0.3) is 10.6 Å². The van der Waals surface area contributed by atoms with Gasteiger partial charge in [0.05, 0.1) is 26.1 Å². The maximum absolute atomic E-state index is 12.2. The Morgan fingerprint density at radius 3 is 3.08 bits per heavy atom. The van der Waals surface area contributed by atoms with E-state index in [1.165, 1.54) is 6.33 Å². The van der Waals surface area contributed by atoms with Gasteiger partial charge in [-0.3, -0.25) is 9.48 Å². The SMILES string of the molecule is COc1cccc(-c2ncc(CNC(=O)C(C)Cn3cncn3)s2)c1. The lowest BCUT2D eigenvalue weighted by Crippen LogP contribution is -2.31. The van der Waals surface area contributed by atoms with Crippen molar-refractivity contribution in [2.75, 3.05) is 7.11 Å². The average Bonchev–Trinajstić information content (AvgIpc) is 3.31. The van der Waals surface area contributed by atoms with E-state index in [1.54, 1.807) is 35.7 Å². The van der Waals surface area contributed by atoms with Crippen LogP contribution in [0, 0.1) is 5.92 Å². The first kappa shape index (κ1) is 17.1. The number of hydrogen-bond donors (Lipinski definition) is 1. The highest BCUT2D eigenvalue weighted by molar-refractivity contribution is 7.15. The lowest BCUT2D eigenvalue weighted by molar-refractivity contribution is -0.125. The van der Waals surface area contributed by atoms with Crippen molar-refractivity contribution in [2.24, 2.45) is 5.92 Å². The van der Waals surface area contributed by atoms with Crippen molar-refractivity contribution in [3.63, 3.8) is 0 Å². The highest BCUT2D eigenvalue weighted by Crippen LogP contribution is 2.27. The largest absolute Gasteiger partial charge is 0.497 e. The number of nitrogens with one attached hydrogen (secondary N) is 1. The molecule has 0 spiro atoms. The third-order valence-corrected chi connectivity index (χ3v) is 4.73. The van der Waals surface area contributed by atoms with E-state index in [9.17, 15) is 4.79 Å². The van der Waals surface area contributed by atoms with Gasteiger partial charge in [0.25, 0.3) is 0 Å². The van der Waals surface area contributed by atoms with Gasteiger partial charge in [-0.15, -0.1) is 11.3 Å². The minimum atomic E-state index is -0.188. The van der Waals surface area contributed by atoms with Crippen LogP contribution in [0.4, 0.5) is 0 Å². The second-order valence-electron chi connectivity index (χ2n) is 5.60. The molecule has 1 atom stereocenters. The number of benzene rings is 1. The number of amides is 1. The second kappa shape index (κ2) is 7.89. The maximum Gasteiger partial charge on any atom is 0.224 e. The normalized spacial score (nSPS) is 11.9. The zero-order chi connectivity index (χ0) is 17.6. The molecule has 0 saturated heterocycles. The molecule has 1 N–H and O–H groups in total. The first-order valence-electron chi connectivity index (χ1n) is 7.85. The van der Waals surface area contributed by atoms with Crippen molar-refractivity contribution in [2.45, 2.75) is 20.0 Å². The molecule has 2 heterocycles. The van der Waals surface area contributed by atoms with E-state index in [0.29, 0.717) is 13.1 Å². The van der Waals surface area contributed by atoms with Gasteiger partial charge in [-0.05, 0) is 12.1 Å². The van der Waals surface area contributed by atoms with Crippen molar-refractivity contribution in [3.8, 4) is 16.3 Å². The fourth-order valence-corrected chi connectivity index (χ4v) is 3.17. The van der Waals surface area contributed by atoms with Crippen LogP contribution in [0.15, 0.2) is 43.1 Å². The summed E-state index contributed by atoms with van der Waals surface area (Å²) in [6.07, 6.45) is 4.86. The minimum Gasteiger partial charge on any atom is -0.497 e. The summed E-state index contributed by atoms with van der Waals surface area (Å²) in [7, 11) is 1.64. The van der Waals surface area contributed by atoms with Gasteiger partial charge >= 0.3 is 0 Å². The molecule has 1 amide bonds. The molecule has 8 heteroatoms. The fourth-order valence-electron chi connectivity index (χ4n) is 2.32. The summed E-state index contributed by atoms with van der Waals surface area (Å²) < 4.78 is 6.89. The molecule has 1 unspecified atom stereocenters. The van der Waals surface area contributed by atoms with Crippen molar-refractivity contribution in [3.05, 3.63) is 48.0 Å². The molecule has 25 heavy (non-hydrogen) atoms. The molecule has 0 fully saturated rings. The molecule has 0 aliphatic rings. The molecule has 130 valence electrons. The Balaban J connectivity index is 1.57. The Bertz CT molecular complexity index is 831. The van der Waals surface area contributed by atoms with Crippen LogP contribution < -0.4 is 10.1 Å². The zero-order valence-electron chi connectivity index (χ0n) is 14.0. The van der Waals surface area contributed by atoms with Gasteiger partial charge in [0.15, 0.2) is 0 Å². The van der Waals surface area contributed by atoms with Gasteiger partial charge in [0.1, 0.15) is 23.4 Å². The number of hydrogen-bond acceptors (Lipinski definition) is 6. The van der Waals surface area contributed by atoms with E-state index in [4.69, 9.17) is 4.74 Å². The molecule has 3 aromatic rings. The van der Waals surface area contributed by atoms with Crippen LogP contribution in [-0.4, -0.2) is 32.8 Å². The summed E-state index contributed by atoms with van der Waals surface area (Å²) in [6, 6.07) is 7.77. The predicted molar refractivity (Wildman–Crippen MR) is 95.1 cm³/mol. The van der Waals surface area contributed by atoms with E-state index in [0.717, 1.165) is 21.2 Å². The quantitative estimate of drug-likeness (QED) is 0.702. The van der Waals surface area contributed by atoms with Crippen molar-refractivity contribution < 1.29 is 9.53 Å². The van der Waals surface area contributed by atoms with Gasteiger partial charge in [-0.1, -0.05) is 19.1 Å². The van der Waals surface area contributed by atoms with E-state index in [-0.39, 0.29) is 11.8 Å². The third kappa shape index (κ3) is 4.42. The van der Waals surface area contributed by atoms with Crippen LogP contribution in [0.1, 0.15) is 11.8 Å². The molecular formula is C17H19N5O2S. The molecule has 2 aromatic heterocycles. The van der Waals surface area contributed by atoms with E-state index in [2.05, 4.69) is 20.4 Å². The lowest BCUT2D eigenvalue weighted by atomic mass is 10.1. The van der Waals surface area contributed by atoms with Gasteiger partial charge in [-0.2, -0.15) is 5.10 Å². The molecule has 0 saturated carbocycles. The monoisotopic (exact) mass is 357 g/mol. The maximum atomic E-state index is 12.2. The van der Waals surface area contributed by atoms with Crippen LogP contribution in [0.3, 0.4) is 0 Å². The standard InChI is InChI=1S/C17H19N5O2S/c1-12(9-22-11-18-10-21-22)16(23)19-7-15-8-20-17(25-15)13-4-3-5-14(6-13)24-2/h3-6,8,10-12H,7,9H2,1-2H3,(H,19,23). The molecule has 3 rings (SSSR count). The Morgan fingerprint density at radius 2 is 2.32 bits per heavy atom. The first-order valence-corrected chi connectivity index (χ1v) is 8.66. The Hall–Kier alpha value is -2.74. The summed E-state index contributed by atoms with van der Waals surface area (Å²) in [5.41, 5.74) is 1.00. The van der Waals surface area contributed by atoms with Gasteiger partial charge < -0.3 is 10.1 Å². The zero-order valence-corrected chi connectivity index (χ0v) is 14.9. The predicted octanol–water partition coefficient (Wildman–Crippen LogP) is 2.36. The molecular weight excluding hydrogens is 338 g/mol. The number of nitrogens with zero attached hydrogens (tertiary/aromatic N) is 4. The number of ether oxygens (including phenoxy) is 1. The van der Waals surface area contributed by atoms with Gasteiger partial charge in [0, 0.05) is 16.6 Å². The van der Waals surface area contributed by atoms with Gasteiger partial charge in [-0.25, -0.2) is 9.97 Å². The molecule has 7 nitrogen and oxygen atoms in total. The Morgan fingerprint density at radius 1 is 1.44 bits per heavy atom. The number of carbonyl (C=O) groups excluding carboxylic acids is 1. The number of carbonyl (C=O) groups is 1. The van der Waals surface area contributed by atoms with Crippen molar-refractivity contribution in [1.29, 1.82) is 0 Å². The average molecular weight is 357 g/mol. The van der Waals surface area contributed by atoms with Crippen LogP contribution in [0.5, 0.6) is 5.75 Å². The first-order chi connectivity index (χ1) is 12.2. The molecule has 0 bridgehead atoms. The van der Waals surface area contributed by atoms with Gasteiger partial charge in [0.2, 0.25) is 5.91 Å². The summed E-state index contributed by atoms with van der Waals surface area (Å²) in [5.74, 6) is 0.587. The molecule has 0 aliphatic heterocycles. The summed E-state index contributed by atoms with van der Waals surface area (Å²) in [5, 5.41) is 7.86. The Labute approximate surface area is 149 Å². The number of methoxy groups -OCH3 is 1. The molecule has 1 aromatic carbocycles. The van der Waals surface area contributed by atoms with E-state index >= 15 is 0 Å². The minimum absolute atomic E-state index is 0.0215. The van der Waals surface area contributed by atoms with Crippen LogP contribution in [0.2, 0.25) is 0 Å². The number of thiazole rings is 1. The van der Waals surface area contributed by atoms with Crippen molar-refractivity contribution in [1.82, 2.24) is 25.1 Å². The molecule has 0 aliphatic carbocycles. The van der Waals surface area contributed by atoms with E-state index < -0.39 is 0 Å². The van der Waals surface area contributed by atoms with E-state index in [1.807, 2.05) is 31.2 Å². The number of rotatable bonds is 7. The topological polar surface area (TPSA) is 81.9 Å². The highest BCUT2D eigenvalue weighted by Gasteiger charge is 2.14. The second-order valence-corrected chi connectivity index (χ2v) is 6.72. The fraction of sp³-hybridized carbons (Fsp3) is 0.294. The molecule has 0 radical (unpaired) electrons. The third-order valence-electron chi connectivity index (χ3n) is 3.68. The Kier molecular flexibility index (Phi) is 5.39. The summed E-state index contributed by atoms with van der Waals surface area (Å²) in [4.78, 5) is 21.5. The summed E-state index contributed by atoms with van der Waals surface area (Å²) in [6.45, 7) is 2.83. The number of aromatic nitrogens is 4. The highest BCUT2D eigenvalue weighted by atomic mass is 32.1. The van der Waals surface area contributed by atoms with Crippen LogP contribution in [-0.2, 0) is 17.9 Å². The van der Waals surface area contributed by atoms with Crippen LogP contribution >= 0.6 is 11.3 Å².